The Balaban J connectivity index is 3.30. The van der Waals surface area contributed by atoms with Gasteiger partial charge in [-0.2, -0.15) is 0 Å². The lowest BCUT2D eigenvalue weighted by atomic mass is 10.1. The number of nitro benzene ring substituents is 1. The number of rotatable bonds is 4. The monoisotopic (exact) mass is 289 g/mol. The number of hydrogen-bond acceptors (Lipinski definition) is 4. The van der Waals surface area contributed by atoms with Crippen LogP contribution in [0.25, 0.3) is 0 Å². The summed E-state index contributed by atoms with van der Waals surface area (Å²) in [5, 5.41) is 19.3. The molecule has 0 unspecified atom stereocenters. The zero-order valence-electron chi connectivity index (χ0n) is 8.27. The van der Waals surface area contributed by atoms with Gasteiger partial charge in [-0.3, -0.25) is 14.9 Å². The molecule has 1 N–H and O–H groups in total. The van der Waals surface area contributed by atoms with Gasteiger partial charge in [0.05, 0.1) is 22.9 Å². The zero-order chi connectivity index (χ0) is 12.3. The molecule has 1 rings (SSSR count). The quantitative estimate of drug-likeness (QED) is 0.676. The lowest BCUT2D eigenvalue weighted by molar-refractivity contribution is -0.385. The van der Waals surface area contributed by atoms with Gasteiger partial charge < -0.3 is 9.84 Å². The molecule has 86 valence electrons. The molecule has 0 heterocycles. The van der Waals surface area contributed by atoms with E-state index in [1.54, 1.807) is 0 Å². The van der Waals surface area contributed by atoms with E-state index in [4.69, 9.17) is 9.84 Å². The van der Waals surface area contributed by atoms with Crippen molar-refractivity contribution in [1.29, 1.82) is 0 Å². The van der Waals surface area contributed by atoms with E-state index in [1.165, 1.54) is 19.2 Å². The standard InChI is InChI=1S/C9H8BrNO5/c1-16-9-5(3-8(12)13)2-6(11(14)15)4-7(9)10/h2,4H,3H2,1H3,(H,12,13). The Labute approximate surface area is 99.1 Å². The van der Waals surface area contributed by atoms with Crippen molar-refractivity contribution >= 4 is 27.6 Å². The molecular formula is C9H8BrNO5. The van der Waals surface area contributed by atoms with E-state index in [0.717, 1.165) is 0 Å². The number of carbonyl (C=O) groups is 1. The summed E-state index contributed by atoms with van der Waals surface area (Å²) in [5.41, 5.74) is 0.0833. The molecule has 0 aliphatic carbocycles. The molecule has 1 aromatic carbocycles. The Morgan fingerprint density at radius 3 is 2.69 bits per heavy atom. The Bertz CT molecular complexity index is 446. The third kappa shape index (κ3) is 2.69. The number of nitrogens with zero attached hydrogens (tertiary/aromatic N) is 1. The second-order valence-electron chi connectivity index (χ2n) is 2.95. The first-order valence-corrected chi connectivity index (χ1v) is 4.97. The van der Waals surface area contributed by atoms with Gasteiger partial charge in [0.25, 0.3) is 5.69 Å². The summed E-state index contributed by atoms with van der Waals surface area (Å²) < 4.78 is 5.34. The Kier molecular flexibility index (Phi) is 3.83. The van der Waals surface area contributed by atoms with Crippen molar-refractivity contribution in [2.75, 3.05) is 7.11 Å². The van der Waals surface area contributed by atoms with Crippen LogP contribution >= 0.6 is 15.9 Å². The van der Waals surface area contributed by atoms with Gasteiger partial charge in [0.2, 0.25) is 0 Å². The van der Waals surface area contributed by atoms with Crippen molar-refractivity contribution in [1.82, 2.24) is 0 Å². The molecule has 0 aliphatic heterocycles. The van der Waals surface area contributed by atoms with Crippen LogP contribution in [0.3, 0.4) is 0 Å². The lowest BCUT2D eigenvalue weighted by Gasteiger charge is -2.08. The van der Waals surface area contributed by atoms with Crippen LogP contribution in [0.4, 0.5) is 5.69 Å². The lowest BCUT2D eigenvalue weighted by Crippen LogP contribution is -2.04. The highest BCUT2D eigenvalue weighted by Crippen LogP contribution is 2.33. The Morgan fingerprint density at radius 2 is 2.25 bits per heavy atom. The van der Waals surface area contributed by atoms with Crippen molar-refractivity contribution in [2.24, 2.45) is 0 Å². The van der Waals surface area contributed by atoms with Gasteiger partial charge in [0.1, 0.15) is 5.75 Å². The fourth-order valence-electron chi connectivity index (χ4n) is 1.26. The number of benzene rings is 1. The molecule has 0 radical (unpaired) electrons. The molecule has 0 spiro atoms. The van der Waals surface area contributed by atoms with E-state index >= 15 is 0 Å². The SMILES string of the molecule is COc1c(Br)cc([N+](=O)[O-])cc1CC(=O)O. The summed E-state index contributed by atoms with van der Waals surface area (Å²) in [6.45, 7) is 0. The van der Waals surface area contributed by atoms with Crippen LogP contribution in [0.5, 0.6) is 5.75 Å². The first-order chi connectivity index (χ1) is 7.45. The van der Waals surface area contributed by atoms with Gasteiger partial charge in [0, 0.05) is 17.7 Å². The first-order valence-electron chi connectivity index (χ1n) is 4.18. The number of methoxy groups -OCH3 is 1. The summed E-state index contributed by atoms with van der Waals surface area (Å²) in [4.78, 5) is 20.6. The molecule has 0 atom stereocenters. The van der Waals surface area contributed by atoms with E-state index in [1.807, 2.05) is 0 Å². The van der Waals surface area contributed by atoms with Crippen molar-refractivity contribution in [3.8, 4) is 5.75 Å². The Hall–Kier alpha value is -1.63. The number of carboxylic acids is 1. The van der Waals surface area contributed by atoms with Crippen LogP contribution in [0.1, 0.15) is 5.56 Å². The molecule has 0 fully saturated rings. The van der Waals surface area contributed by atoms with Gasteiger partial charge in [-0.1, -0.05) is 0 Å². The van der Waals surface area contributed by atoms with Crippen LogP contribution in [0, 0.1) is 10.1 Å². The molecule has 0 aliphatic rings. The highest BCUT2D eigenvalue weighted by Gasteiger charge is 2.17. The van der Waals surface area contributed by atoms with Gasteiger partial charge in [0.15, 0.2) is 0 Å². The van der Waals surface area contributed by atoms with Crippen molar-refractivity contribution in [2.45, 2.75) is 6.42 Å². The van der Waals surface area contributed by atoms with Gasteiger partial charge in [-0.15, -0.1) is 0 Å². The summed E-state index contributed by atoms with van der Waals surface area (Å²) in [6.07, 6.45) is -0.330. The highest BCUT2D eigenvalue weighted by atomic mass is 79.9. The molecule has 6 nitrogen and oxygen atoms in total. The number of carboxylic acid groups (broad SMARTS) is 1. The maximum atomic E-state index is 10.6. The molecule has 0 saturated heterocycles. The van der Waals surface area contributed by atoms with Crippen molar-refractivity contribution < 1.29 is 19.6 Å². The van der Waals surface area contributed by atoms with E-state index in [9.17, 15) is 14.9 Å². The van der Waals surface area contributed by atoms with Crippen LogP contribution in [-0.2, 0) is 11.2 Å². The summed E-state index contributed by atoms with van der Waals surface area (Å²) in [5.74, 6) is -0.779. The normalized spacial score (nSPS) is 9.88. The summed E-state index contributed by atoms with van der Waals surface area (Å²) in [7, 11) is 1.37. The fourth-order valence-corrected chi connectivity index (χ4v) is 1.91. The van der Waals surface area contributed by atoms with Crippen LogP contribution in [0.15, 0.2) is 16.6 Å². The molecular weight excluding hydrogens is 282 g/mol. The van der Waals surface area contributed by atoms with E-state index in [2.05, 4.69) is 15.9 Å². The average molecular weight is 290 g/mol. The smallest absolute Gasteiger partial charge is 0.307 e. The van der Waals surface area contributed by atoms with Gasteiger partial charge in [-0.05, 0) is 15.9 Å². The van der Waals surface area contributed by atoms with Crippen molar-refractivity contribution in [3.05, 3.63) is 32.3 Å². The number of hydrogen-bond donors (Lipinski definition) is 1. The number of non-ortho nitro benzene ring substituents is 1. The molecule has 7 heteroatoms. The molecule has 0 aromatic heterocycles. The van der Waals surface area contributed by atoms with Gasteiger partial charge >= 0.3 is 5.97 Å². The number of ether oxygens (including phenoxy) is 1. The van der Waals surface area contributed by atoms with Gasteiger partial charge in [-0.25, -0.2) is 0 Å². The third-order valence-electron chi connectivity index (χ3n) is 1.86. The van der Waals surface area contributed by atoms with E-state index in [-0.39, 0.29) is 17.7 Å². The molecule has 16 heavy (non-hydrogen) atoms. The second-order valence-corrected chi connectivity index (χ2v) is 3.80. The predicted molar refractivity (Wildman–Crippen MR) is 58.7 cm³/mol. The third-order valence-corrected chi connectivity index (χ3v) is 2.45. The average Bonchev–Trinajstić information content (AvgIpc) is 2.16. The van der Waals surface area contributed by atoms with Crippen LogP contribution in [0.2, 0.25) is 0 Å². The van der Waals surface area contributed by atoms with Crippen LogP contribution in [-0.4, -0.2) is 23.1 Å². The minimum absolute atomic E-state index is 0.177. The van der Waals surface area contributed by atoms with Crippen molar-refractivity contribution in [3.63, 3.8) is 0 Å². The summed E-state index contributed by atoms with van der Waals surface area (Å²) in [6, 6.07) is 2.46. The minimum Gasteiger partial charge on any atom is -0.495 e. The Morgan fingerprint density at radius 1 is 1.62 bits per heavy atom. The zero-order valence-corrected chi connectivity index (χ0v) is 9.85. The number of halogens is 1. The largest absolute Gasteiger partial charge is 0.495 e. The summed E-state index contributed by atoms with van der Waals surface area (Å²) >= 11 is 3.09. The van der Waals surface area contributed by atoms with Crippen LogP contribution < -0.4 is 4.74 Å². The second kappa shape index (κ2) is 4.93. The number of nitro groups is 1. The topological polar surface area (TPSA) is 89.7 Å². The maximum Gasteiger partial charge on any atom is 0.307 e. The predicted octanol–water partition coefficient (Wildman–Crippen LogP) is 1.99. The minimum atomic E-state index is -1.08. The molecule has 0 bridgehead atoms. The van der Waals surface area contributed by atoms with E-state index < -0.39 is 10.9 Å². The maximum absolute atomic E-state index is 10.6. The molecule has 0 saturated carbocycles. The van der Waals surface area contributed by atoms with E-state index in [0.29, 0.717) is 10.2 Å². The molecule has 0 amide bonds. The fraction of sp³-hybridized carbons (Fsp3) is 0.222. The molecule has 1 aromatic rings. The first kappa shape index (κ1) is 12.4. The highest BCUT2D eigenvalue weighted by molar-refractivity contribution is 9.10. The number of aliphatic carboxylic acids is 1.